The molecule has 5 nitrogen and oxygen atoms in total. The van der Waals surface area contributed by atoms with Crippen LogP contribution >= 0.6 is 0 Å². The Balaban J connectivity index is 1.68. The Hall–Kier alpha value is -3.21. The van der Waals surface area contributed by atoms with Gasteiger partial charge in [-0.1, -0.05) is 48.5 Å². The summed E-state index contributed by atoms with van der Waals surface area (Å²) in [7, 11) is 0. The molecular formula is C20H20N4O. The smallest absolute Gasteiger partial charge is 0.272 e. The number of carbonyl (C=O) groups is 1. The van der Waals surface area contributed by atoms with Gasteiger partial charge in [-0.25, -0.2) is 0 Å². The van der Waals surface area contributed by atoms with Gasteiger partial charge >= 0.3 is 0 Å². The van der Waals surface area contributed by atoms with Crippen molar-refractivity contribution in [2.24, 2.45) is 0 Å². The molecule has 0 bridgehead atoms. The second-order valence-corrected chi connectivity index (χ2v) is 5.52. The molecule has 0 aliphatic carbocycles. The van der Waals surface area contributed by atoms with Gasteiger partial charge in [0.2, 0.25) is 0 Å². The number of para-hydroxylation sites is 1. The highest BCUT2D eigenvalue weighted by Gasteiger charge is 2.12. The molecule has 3 aromatic rings. The van der Waals surface area contributed by atoms with Crippen LogP contribution < -0.4 is 10.2 Å². The van der Waals surface area contributed by atoms with Crippen molar-refractivity contribution in [3.63, 3.8) is 0 Å². The summed E-state index contributed by atoms with van der Waals surface area (Å²) < 4.78 is 0. The minimum Gasteiger partial charge on any atom is -0.347 e. The van der Waals surface area contributed by atoms with Crippen LogP contribution in [0.2, 0.25) is 0 Å². The number of carbonyl (C=O) groups excluding carboxylic acids is 1. The molecule has 1 N–H and O–H groups in total. The van der Waals surface area contributed by atoms with E-state index in [-0.39, 0.29) is 5.91 Å². The fraction of sp³-hybridized carbons (Fsp3) is 0.150. The lowest BCUT2D eigenvalue weighted by atomic mass is 10.2. The number of hydrogen-bond donors (Lipinski definition) is 1. The van der Waals surface area contributed by atoms with Crippen molar-refractivity contribution in [3.05, 3.63) is 84.1 Å². The number of anilines is 2. The number of rotatable bonds is 6. The van der Waals surface area contributed by atoms with Crippen molar-refractivity contribution in [1.82, 2.24) is 15.5 Å². The first-order valence-electron chi connectivity index (χ1n) is 8.26. The van der Waals surface area contributed by atoms with E-state index in [0.29, 0.717) is 18.1 Å². The quantitative estimate of drug-likeness (QED) is 0.750. The Labute approximate surface area is 147 Å². The molecule has 126 valence electrons. The first-order chi connectivity index (χ1) is 12.3. The number of amides is 1. The zero-order valence-corrected chi connectivity index (χ0v) is 14.1. The second kappa shape index (κ2) is 8.06. The molecule has 2 aromatic carbocycles. The summed E-state index contributed by atoms with van der Waals surface area (Å²) in [5.41, 5.74) is 2.39. The number of nitrogens with zero attached hydrogens (tertiary/aromatic N) is 3. The molecular weight excluding hydrogens is 312 g/mol. The molecule has 1 aromatic heterocycles. The topological polar surface area (TPSA) is 58.1 Å². The van der Waals surface area contributed by atoms with Gasteiger partial charge in [-0.15, -0.1) is 10.2 Å². The van der Waals surface area contributed by atoms with Gasteiger partial charge < -0.3 is 10.2 Å². The maximum Gasteiger partial charge on any atom is 0.272 e. The summed E-state index contributed by atoms with van der Waals surface area (Å²) in [5, 5.41) is 11.2. The molecule has 1 amide bonds. The summed E-state index contributed by atoms with van der Waals surface area (Å²) >= 11 is 0. The largest absolute Gasteiger partial charge is 0.347 e. The minimum atomic E-state index is -0.231. The van der Waals surface area contributed by atoms with E-state index in [4.69, 9.17) is 0 Å². The molecule has 0 spiro atoms. The molecule has 0 fully saturated rings. The summed E-state index contributed by atoms with van der Waals surface area (Å²) in [6, 6.07) is 23.3. The van der Waals surface area contributed by atoms with Crippen LogP contribution in [0.15, 0.2) is 72.8 Å². The van der Waals surface area contributed by atoms with E-state index < -0.39 is 0 Å². The Morgan fingerprint density at radius 1 is 0.920 bits per heavy atom. The Morgan fingerprint density at radius 2 is 1.60 bits per heavy atom. The van der Waals surface area contributed by atoms with Gasteiger partial charge in [-0.05, 0) is 36.8 Å². The van der Waals surface area contributed by atoms with Crippen LogP contribution in [0, 0.1) is 0 Å². The predicted molar refractivity (Wildman–Crippen MR) is 98.8 cm³/mol. The lowest BCUT2D eigenvalue weighted by Crippen LogP contribution is -2.25. The normalized spacial score (nSPS) is 10.3. The van der Waals surface area contributed by atoms with Crippen molar-refractivity contribution in [3.8, 4) is 0 Å². The van der Waals surface area contributed by atoms with E-state index in [9.17, 15) is 4.79 Å². The van der Waals surface area contributed by atoms with E-state index in [1.807, 2.05) is 71.6 Å². The third-order valence-corrected chi connectivity index (χ3v) is 3.84. The number of hydrogen-bond acceptors (Lipinski definition) is 4. The maximum absolute atomic E-state index is 12.2. The molecule has 3 rings (SSSR count). The Morgan fingerprint density at radius 3 is 2.20 bits per heavy atom. The summed E-state index contributed by atoms with van der Waals surface area (Å²) in [6.45, 7) is 3.28. The molecule has 0 saturated carbocycles. The Bertz CT molecular complexity index is 804. The standard InChI is InChI=1S/C20H20N4O/c1-2-24(17-11-7-4-8-12-17)19-14-13-18(22-23-19)20(25)21-15-16-9-5-3-6-10-16/h3-14H,2,15H2,1H3,(H,21,25). The van der Waals surface area contributed by atoms with Gasteiger partial charge in [0.05, 0.1) is 0 Å². The molecule has 0 saturated heterocycles. The van der Waals surface area contributed by atoms with E-state index in [1.165, 1.54) is 0 Å². The number of benzene rings is 2. The molecule has 0 aliphatic heterocycles. The van der Waals surface area contributed by atoms with Gasteiger partial charge in [0.15, 0.2) is 11.5 Å². The molecule has 0 atom stereocenters. The zero-order chi connectivity index (χ0) is 17.5. The van der Waals surface area contributed by atoms with Crippen LogP contribution in [0.25, 0.3) is 0 Å². The average molecular weight is 332 g/mol. The van der Waals surface area contributed by atoms with Crippen molar-refractivity contribution in [1.29, 1.82) is 0 Å². The highest BCUT2D eigenvalue weighted by atomic mass is 16.1. The Kier molecular flexibility index (Phi) is 5.36. The van der Waals surface area contributed by atoms with Gasteiger partial charge in [0.1, 0.15) is 0 Å². The van der Waals surface area contributed by atoms with Crippen LogP contribution in [0.5, 0.6) is 0 Å². The average Bonchev–Trinajstić information content (AvgIpc) is 2.69. The third-order valence-electron chi connectivity index (χ3n) is 3.84. The van der Waals surface area contributed by atoms with E-state index in [2.05, 4.69) is 22.4 Å². The van der Waals surface area contributed by atoms with Crippen molar-refractivity contribution in [2.45, 2.75) is 13.5 Å². The van der Waals surface area contributed by atoms with E-state index >= 15 is 0 Å². The zero-order valence-electron chi connectivity index (χ0n) is 14.1. The second-order valence-electron chi connectivity index (χ2n) is 5.52. The summed E-state index contributed by atoms with van der Waals surface area (Å²) in [5.74, 6) is 0.485. The molecule has 0 unspecified atom stereocenters. The van der Waals surface area contributed by atoms with Crippen LogP contribution in [0.3, 0.4) is 0 Å². The molecule has 25 heavy (non-hydrogen) atoms. The lowest BCUT2D eigenvalue weighted by molar-refractivity contribution is 0.0945. The lowest BCUT2D eigenvalue weighted by Gasteiger charge is -2.21. The maximum atomic E-state index is 12.2. The predicted octanol–water partition coefficient (Wildman–Crippen LogP) is 3.56. The van der Waals surface area contributed by atoms with Gasteiger partial charge in [0.25, 0.3) is 5.91 Å². The summed E-state index contributed by atoms with van der Waals surface area (Å²) in [6.07, 6.45) is 0. The van der Waals surface area contributed by atoms with Crippen LogP contribution in [0.4, 0.5) is 11.5 Å². The first-order valence-corrected chi connectivity index (χ1v) is 8.26. The third kappa shape index (κ3) is 4.20. The fourth-order valence-electron chi connectivity index (χ4n) is 2.54. The molecule has 0 radical (unpaired) electrons. The highest BCUT2D eigenvalue weighted by Crippen LogP contribution is 2.22. The van der Waals surface area contributed by atoms with Crippen LogP contribution in [0.1, 0.15) is 23.0 Å². The minimum absolute atomic E-state index is 0.231. The van der Waals surface area contributed by atoms with Gasteiger partial charge in [0, 0.05) is 18.8 Å². The molecule has 1 heterocycles. The van der Waals surface area contributed by atoms with Crippen LogP contribution in [-0.2, 0) is 6.54 Å². The first kappa shape index (κ1) is 16.6. The SMILES string of the molecule is CCN(c1ccccc1)c1ccc(C(=O)NCc2ccccc2)nn1. The molecule has 5 heteroatoms. The fourth-order valence-corrected chi connectivity index (χ4v) is 2.54. The van der Waals surface area contributed by atoms with Gasteiger partial charge in [-0.2, -0.15) is 0 Å². The molecule has 0 aliphatic rings. The number of nitrogens with one attached hydrogen (secondary N) is 1. The van der Waals surface area contributed by atoms with Crippen molar-refractivity contribution >= 4 is 17.4 Å². The van der Waals surface area contributed by atoms with Crippen molar-refractivity contribution < 1.29 is 4.79 Å². The van der Waals surface area contributed by atoms with E-state index in [0.717, 1.165) is 17.8 Å². The highest BCUT2D eigenvalue weighted by molar-refractivity contribution is 5.92. The van der Waals surface area contributed by atoms with Crippen molar-refractivity contribution in [2.75, 3.05) is 11.4 Å². The summed E-state index contributed by atoms with van der Waals surface area (Å²) in [4.78, 5) is 14.3. The van der Waals surface area contributed by atoms with Gasteiger partial charge in [-0.3, -0.25) is 4.79 Å². The van der Waals surface area contributed by atoms with E-state index in [1.54, 1.807) is 6.07 Å². The monoisotopic (exact) mass is 332 g/mol. The number of aromatic nitrogens is 2. The van der Waals surface area contributed by atoms with Crippen LogP contribution in [-0.4, -0.2) is 22.6 Å².